The van der Waals surface area contributed by atoms with Gasteiger partial charge in [-0.05, 0) is 61.5 Å². The fraction of sp³-hybridized carbons (Fsp3) is 0.125. The molecule has 1 amide bonds. The molecule has 1 aromatic heterocycles. The number of fused-ring (bicyclic) bond motifs is 1. The quantitative estimate of drug-likeness (QED) is 0.418. The van der Waals surface area contributed by atoms with Gasteiger partial charge in [-0.2, -0.15) is 5.26 Å². The molecule has 4 rings (SSSR count). The maximum absolute atomic E-state index is 12.2. The minimum absolute atomic E-state index is 0.0977. The number of rotatable bonds is 7. The van der Waals surface area contributed by atoms with E-state index in [2.05, 4.69) is 16.7 Å². The molecule has 0 aliphatic heterocycles. The second-order valence-electron chi connectivity index (χ2n) is 6.72. The van der Waals surface area contributed by atoms with Crippen LogP contribution in [0.2, 0.25) is 0 Å². The van der Waals surface area contributed by atoms with Gasteiger partial charge < -0.3 is 15.4 Å². The van der Waals surface area contributed by atoms with E-state index in [1.54, 1.807) is 35.6 Å². The Bertz CT molecular complexity index is 1260. The summed E-state index contributed by atoms with van der Waals surface area (Å²) in [5, 5.41) is 15.9. The Labute approximate surface area is 184 Å². The number of aromatic nitrogens is 1. The topological polar surface area (TPSA) is 87.0 Å². The first kappa shape index (κ1) is 20.4. The van der Waals surface area contributed by atoms with E-state index in [-0.39, 0.29) is 12.5 Å². The monoisotopic (exact) mass is 428 g/mol. The molecule has 0 aliphatic carbocycles. The number of benzene rings is 3. The van der Waals surface area contributed by atoms with Crippen LogP contribution in [-0.4, -0.2) is 24.0 Å². The minimum atomic E-state index is -0.219. The van der Waals surface area contributed by atoms with Crippen LogP contribution in [0.1, 0.15) is 12.5 Å². The van der Waals surface area contributed by atoms with Crippen LogP contribution in [0.3, 0.4) is 0 Å². The van der Waals surface area contributed by atoms with Gasteiger partial charge in [-0.15, -0.1) is 11.3 Å². The zero-order valence-corrected chi connectivity index (χ0v) is 17.7. The standard InChI is InChI=1S/C24H20N4O2S/c1-2-30-19-11-12-21-22(13-19)31-24(28-21)16-7-9-18(10-8-16)26-15-23(29)27-20-6-4-3-5-17(20)14-25/h3-13,26H,2,15H2,1H3,(H,27,29). The normalized spacial score (nSPS) is 10.5. The average molecular weight is 429 g/mol. The number of ether oxygens (including phenoxy) is 1. The number of hydrogen-bond acceptors (Lipinski definition) is 6. The number of anilines is 2. The summed E-state index contributed by atoms with van der Waals surface area (Å²) in [5.74, 6) is 0.628. The molecule has 0 fully saturated rings. The lowest BCUT2D eigenvalue weighted by molar-refractivity contribution is -0.114. The first-order valence-corrected chi connectivity index (χ1v) is 10.6. The van der Waals surface area contributed by atoms with Crippen LogP contribution >= 0.6 is 11.3 Å². The molecular weight excluding hydrogens is 408 g/mol. The predicted octanol–water partition coefficient (Wildman–Crippen LogP) is 5.28. The van der Waals surface area contributed by atoms with Gasteiger partial charge in [0.2, 0.25) is 5.91 Å². The first-order valence-electron chi connectivity index (χ1n) is 9.83. The lowest BCUT2D eigenvalue weighted by atomic mass is 10.2. The number of thiazole rings is 1. The number of nitrogens with zero attached hydrogens (tertiary/aromatic N) is 2. The van der Waals surface area contributed by atoms with E-state index in [9.17, 15) is 4.79 Å². The van der Waals surface area contributed by atoms with E-state index in [0.29, 0.717) is 17.9 Å². The van der Waals surface area contributed by atoms with Crippen LogP contribution in [0, 0.1) is 11.3 Å². The largest absolute Gasteiger partial charge is 0.494 e. The predicted molar refractivity (Wildman–Crippen MR) is 125 cm³/mol. The lowest BCUT2D eigenvalue weighted by Gasteiger charge is -2.09. The molecule has 1 heterocycles. The Kier molecular flexibility index (Phi) is 6.11. The van der Waals surface area contributed by atoms with Crippen LogP contribution in [0.15, 0.2) is 66.7 Å². The van der Waals surface area contributed by atoms with Crippen molar-refractivity contribution in [2.45, 2.75) is 6.92 Å². The molecule has 0 saturated heterocycles. The van der Waals surface area contributed by atoms with Gasteiger partial charge in [-0.25, -0.2) is 4.98 Å². The smallest absolute Gasteiger partial charge is 0.243 e. The van der Waals surface area contributed by atoms with Gasteiger partial charge >= 0.3 is 0 Å². The molecule has 154 valence electrons. The third-order valence-electron chi connectivity index (χ3n) is 4.58. The van der Waals surface area contributed by atoms with Crippen molar-refractivity contribution >= 4 is 38.8 Å². The third kappa shape index (κ3) is 4.82. The number of nitriles is 1. The number of nitrogens with one attached hydrogen (secondary N) is 2. The molecule has 0 aliphatic rings. The molecule has 0 spiro atoms. The zero-order chi connectivity index (χ0) is 21.6. The fourth-order valence-electron chi connectivity index (χ4n) is 3.08. The van der Waals surface area contributed by atoms with Crippen LogP contribution < -0.4 is 15.4 Å². The molecule has 2 N–H and O–H groups in total. The summed E-state index contributed by atoms with van der Waals surface area (Å²) in [4.78, 5) is 16.9. The van der Waals surface area contributed by atoms with Crippen molar-refractivity contribution in [3.63, 3.8) is 0 Å². The van der Waals surface area contributed by atoms with Gasteiger partial charge in [0.1, 0.15) is 16.8 Å². The second-order valence-corrected chi connectivity index (χ2v) is 7.75. The SMILES string of the molecule is CCOc1ccc2nc(-c3ccc(NCC(=O)Nc4ccccc4C#N)cc3)sc2c1. The maximum atomic E-state index is 12.2. The summed E-state index contributed by atoms with van der Waals surface area (Å²) in [6.07, 6.45) is 0. The van der Waals surface area contributed by atoms with Gasteiger partial charge in [0, 0.05) is 11.3 Å². The summed E-state index contributed by atoms with van der Waals surface area (Å²) in [7, 11) is 0. The Balaban J connectivity index is 1.40. The highest BCUT2D eigenvalue weighted by Crippen LogP contribution is 2.32. The zero-order valence-electron chi connectivity index (χ0n) is 16.9. The van der Waals surface area contributed by atoms with Gasteiger partial charge in [0.15, 0.2) is 0 Å². The lowest BCUT2D eigenvalue weighted by Crippen LogP contribution is -2.22. The van der Waals surface area contributed by atoms with Crippen LogP contribution in [0.5, 0.6) is 5.75 Å². The van der Waals surface area contributed by atoms with Crippen molar-refractivity contribution < 1.29 is 9.53 Å². The summed E-state index contributed by atoms with van der Waals surface area (Å²) < 4.78 is 6.64. The second kappa shape index (κ2) is 9.28. The molecule has 31 heavy (non-hydrogen) atoms. The van der Waals surface area contributed by atoms with E-state index in [1.807, 2.05) is 49.4 Å². The molecule has 0 atom stereocenters. The summed E-state index contributed by atoms with van der Waals surface area (Å²) in [6.45, 7) is 2.70. The number of carbonyl (C=O) groups is 1. The van der Waals surface area contributed by atoms with Crippen molar-refractivity contribution in [3.05, 3.63) is 72.3 Å². The first-order chi connectivity index (χ1) is 15.2. The van der Waals surface area contributed by atoms with Crippen LogP contribution in [-0.2, 0) is 4.79 Å². The molecular formula is C24H20N4O2S. The summed E-state index contributed by atoms with van der Waals surface area (Å²) in [5.41, 5.74) is 3.73. The maximum Gasteiger partial charge on any atom is 0.243 e. The van der Waals surface area contributed by atoms with Crippen molar-refractivity contribution in [2.24, 2.45) is 0 Å². The molecule has 0 radical (unpaired) electrons. The highest BCUT2D eigenvalue weighted by atomic mass is 32.1. The Morgan fingerprint density at radius 2 is 1.94 bits per heavy atom. The Morgan fingerprint density at radius 1 is 1.13 bits per heavy atom. The highest BCUT2D eigenvalue weighted by molar-refractivity contribution is 7.21. The number of amides is 1. The van der Waals surface area contributed by atoms with Gasteiger partial charge in [0.25, 0.3) is 0 Å². The number of para-hydroxylation sites is 1. The van der Waals surface area contributed by atoms with Crippen LogP contribution in [0.4, 0.5) is 11.4 Å². The minimum Gasteiger partial charge on any atom is -0.494 e. The van der Waals surface area contributed by atoms with E-state index in [1.165, 1.54) is 0 Å². The Hall–Kier alpha value is -3.89. The number of carbonyl (C=O) groups excluding carboxylic acids is 1. The van der Waals surface area contributed by atoms with Gasteiger partial charge in [-0.1, -0.05) is 12.1 Å². The molecule has 0 saturated carbocycles. The van der Waals surface area contributed by atoms with Crippen LogP contribution in [0.25, 0.3) is 20.8 Å². The summed E-state index contributed by atoms with van der Waals surface area (Å²) >= 11 is 1.62. The highest BCUT2D eigenvalue weighted by Gasteiger charge is 2.09. The van der Waals surface area contributed by atoms with E-state index < -0.39 is 0 Å². The molecule has 0 unspecified atom stereocenters. The van der Waals surface area contributed by atoms with Crippen molar-refractivity contribution in [1.82, 2.24) is 4.98 Å². The van der Waals surface area contributed by atoms with Gasteiger partial charge in [-0.3, -0.25) is 4.79 Å². The van der Waals surface area contributed by atoms with Gasteiger partial charge in [0.05, 0.1) is 34.6 Å². The molecule has 7 heteroatoms. The third-order valence-corrected chi connectivity index (χ3v) is 5.64. The van der Waals surface area contributed by atoms with E-state index in [4.69, 9.17) is 15.0 Å². The van der Waals surface area contributed by atoms with Crippen molar-refractivity contribution in [2.75, 3.05) is 23.8 Å². The molecule has 4 aromatic rings. The fourth-order valence-corrected chi connectivity index (χ4v) is 4.08. The Morgan fingerprint density at radius 3 is 2.71 bits per heavy atom. The average Bonchev–Trinajstić information content (AvgIpc) is 3.22. The van der Waals surface area contributed by atoms with E-state index >= 15 is 0 Å². The van der Waals surface area contributed by atoms with Crippen molar-refractivity contribution in [3.8, 4) is 22.4 Å². The van der Waals surface area contributed by atoms with Crippen molar-refractivity contribution in [1.29, 1.82) is 5.26 Å². The van der Waals surface area contributed by atoms with E-state index in [0.717, 1.165) is 32.2 Å². The molecule has 6 nitrogen and oxygen atoms in total. The molecule has 3 aromatic carbocycles. The summed E-state index contributed by atoms with van der Waals surface area (Å²) in [6, 6.07) is 22.7. The number of hydrogen-bond donors (Lipinski definition) is 2. The molecule has 0 bridgehead atoms.